The molecule has 0 unspecified atom stereocenters. The number of carbonyl (C=O) groups excluding carboxylic acids is 1. The Morgan fingerprint density at radius 1 is 1.18 bits per heavy atom. The van der Waals surface area contributed by atoms with E-state index in [1.165, 1.54) is 11.3 Å². The quantitative estimate of drug-likeness (QED) is 0.728. The van der Waals surface area contributed by atoms with Gasteiger partial charge in [0.05, 0.1) is 11.2 Å². The molecule has 1 fully saturated rings. The molecule has 0 aromatic carbocycles. The Kier molecular flexibility index (Phi) is 6.91. The van der Waals surface area contributed by atoms with Gasteiger partial charge in [-0.3, -0.25) is 0 Å². The van der Waals surface area contributed by atoms with Crippen molar-refractivity contribution >= 4 is 29.3 Å². The van der Waals surface area contributed by atoms with E-state index in [1.807, 2.05) is 32.2 Å². The van der Waals surface area contributed by atoms with E-state index in [0.29, 0.717) is 19.0 Å². The Hall–Kier alpha value is -1.09. The molecule has 6 nitrogen and oxygen atoms in total. The number of nitrogens with zero attached hydrogens (tertiary/aromatic N) is 1. The molecule has 1 aliphatic heterocycles. The van der Waals surface area contributed by atoms with Gasteiger partial charge in [-0.15, -0.1) is 0 Å². The molecule has 158 valence electrons. The van der Waals surface area contributed by atoms with Crippen molar-refractivity contribution in [2.45, 2.75) is 84.0 Å². The lowest BCUT2D eigenvalue weighted by atomic mass is 9.81. The first-order chi connectivity index (χ1) is 12.7. The Labute approximate surface area is 173 Å². The van der Waals surface area contributed by atoms with Crippen LogP contribution in [0.5, 0.6) is 0 Å². The van der Waals surface area contributed by atoms with Crippen molar-refractivity contribution in [1.82, 2.24) is 4.90 Å². The Balaban J connectivity index is 1.94. The number of hydrogen-bond acceptors (Lipinski definition) is 6. The van der Waals surface area contributed by atoms with Crippen molar-refractivity contribution in [3.63, 3.8) is 0 Å². The lowest BCUT2D eigenvalue weighted by Crippen LogP contribution is -2.52. The number of ether oxygens (including phenoxy) is 1. The summed E-state index contributed by atoms with van der Waals surface area (Å²) >= 11 is 1.46. The van der Waals surface area contributed by atoms with Crippen LogP contribution in [-0.4, -0.2) is 58.1 Å². The van der Waals surface area contributed by atoms with Crippen LogP contribution in [0.3, 0.4) is 0 Å². The minimum atomic E-state index is -1.08. The van der Waals surface area contributed by atoms with Gasteiger partial charge in [0.15, 0.2) is 0 Å². The lowest BCUT2D eigenvalue weighted by molar-refractivity contribution is -0.0981. The molecule has 2 rings (SSSR count). The van der Waals surface area contributed by atoms with E-state index in [0.717, 1.165) is 23.2 Å². The van der Waals surface area contributed by atoms with Gasteiger partial charge in [-0.05, 0) is 84.2 Å². The summed E-state index contributed by atoms with van der Waals surface area (Å²) in [6.07, 6.45) is 1.47. The van der Waals surface area contributed by atoms with Crippen molar-refractivity contribution in [3.05, 3.63) is 17.0 Å². The van der Waals surface area contributed by atoms with Gasteiger partial charge in [0.2, 0.25) is 0 Å². The fraction of sp³-hybridized carbons (Fsp3) is 0.750. The summed E-state index contributed by atoms with van der Waals surface area (Å²) < 4.78 is 11.9. The molecule has 0 spiro atoms. The normalized spacial score (nSPS) is 17.0. The van der Waals surface area contributed by atoms with Gasteiger partial charge in [0, 0.05) is 17.9 Å². The van der Waals surface area contributed by atoms with Gasteiger partial charge in [0.1, 0.15) is 5.60 Å². The third-order valence-electron chi connectivity index (χ3n) is 5.38. The van der Waals surface area contributed by atoms with E-state index in [-0.39, 0.29) is 6.09 Å². The van der Waals surface area contributed by atoms with E-state index in [1.54, 1.807) is 32.6 Å². The number of hydrogen-bond donors (Lipinski definition) is 2. The monoisotopic (exact) mass is 411 g/mol. The summed E-state index contributed by atoms with van der Waals surface area (Å²) in [4.78, 5) is 14.0. The topological polar surface area (TPSA) is 79.2 Å². The zero-order valence-electron chi connectivity index (χ0n) is 18.1. The summed E-state index contributed by atoms with van der Waals surface area (Å²) in [6.45, 7) is 13.8. The molecule has 0 radical (unpaired) electrons. The van der Waals surface area contributed by atoms with Crippen LogP contribution in [-0.2, 0) is 9.39 Å². The van der Waals surface area contributed by atoms with Gasteiger partial charge >= 0.3 is 13.2 Å². The van der Waals surface area contributed by atoms with Gasteiger partial charge in [-0.1, -0.05) is 0 Å². The number of likely N-dealkylation sites (tertiary alicyclic amines) is 1. The zero-order chi connectivity index (χ0) is 21.3. The van der Waals surface area contributed by atoms with Gasteiger partial charge in [0.25, 0.3) is 0 Å². The fourth-order valence-corrected chi connectivity index (χ4v) is 3.82. The van der Waals surface area contributed by atoms with Crippen molar-refractivity contribution in [2.24, 2.45) is 0 Å². The molecule has 8 heteroatoms. The highest BCUT2D eigenvalue weighted by Crippen LogP contribution is 2.30. The molecule has 1 aromatic heterocycles. The van der Waals surface area contributed by atoms with E-state index in [4.69, 9.17) is 9.39 Å². The van der Waals surface area contributed by atoms with Gasteiger partial charge < -0.3 is 24.4 Å². The predicted octanol–water partition coefficient (Wildman–Crippen LogP) is 3.12. The van der Waals surface area contributed by atoms with Gasteiger partial charge in [-0.25, -0.2) is 4.79 Å². The van der Waals surface area contributed by atoms with Crippen LogP contribution >= 0.6 is 11.3 Å². The van der Waals surface area contributed by atoms with E-state index < -0.39 is 23.9 Å². The molecule has 1 amide bonds. The third-order valence-corrected chi connectivity index (χ3v) is 6.36. The molecule has 0 bridgehead atoms. The van der Waals surface area contributed by atoms with Crippen LogP contribution in [0, 0.1) is 0 Å². The summed E-state index contributed by atoms with van der Waals surface area (Å²) in [5.41, 5.74) is -1.30. The molecule has 1 aromatic rings. The van der Waals surface area contributed by atoms with Crippen molar-refractivity contribution in [1.29, 1.82) is 0 Å². The Morgan fingerprint density at radius 2 is 1.75 bits per heavy atom. The number of carbonyl (C=O) groups is 1. The molecule has 0 aliphatic carbocycles. The highest BCUT2D eigenvalue weighted by molar-refractivity contribution is 7.20. The number of aliphatic hydroxyl groups is 1. The van der Waals surface area contributed by atoms with Crippen LogP contribution in [0.25, 0.3) is 0 Å². The number of rotatable bonds is 5. The van der Waals surface area contributed by atoms with Crippen LogP contribution in [0.4, 0.5) is 4.79 Å². The Bertz CT molecular complexity index is 669. The maximum Gasteiger partial charge on any atom is 0.502 e. The average Bonchev–Trinajstić information content (AvgIpc) is 3.02. The summed E-state index contributed by atoms with van der Waals surface area (Å²) in [5.74, 6) is 0.346. The van der Waals surface area contributed by atoms with E-state index >= 15 is 0 Å². The highest BCUT2D eigenvalue weighted by atomic mass is 32.1. The smallest absolute Gasteiger partial charge is 0.444 e. The maximum absolute atomic E-state index is 12.2. The molecular weight excluding hydrogens is 377 g/mol. The molecule has 2 N–H and O–H groups in total. The predicted molar refractivity (Wildman–Crippen MR) is 113 cm³/mol. The molecule has 0 atom stereocenters. The maximum atomic E-state index is 12.2. The molecule has 1 aliphatic rings. The third kappa shape index (κ3) is 5.96. The zero-order valence-corrected chi connectivity index (χ0v) is 18.9. The SMILES string of the molecule is CC(C)(C)OC(=O)N1CCC(c2csc(B(O)OC(C)(C)C(C)(C)O)c2)CC1. The van der Waals surface area contributed by atoms with Crippen LogP contribution in [0.1, 0.15) is 72.8 Å². The summed E-state index contributed by atoms with van der Waals surface area (Å²) in [5, 5.41) is 22.7. The highest BCUT2D eigenvalue weighted by Gasteiger charge is 2.40. The summed E-state index contributed by atoms with van der Waals surface area (Å²) in [7, 11) is -1.08. The second-order valence-corrected chi connectivity index (χ2v) is 10.5. The van der Waals surface area contributed by atoms with Crippen molar-refractivity contribution in [2.75, 3.05) is 13.1 Å². The molecule has 2 heterocycles. The second kappa shape index (κ2) is 8.34. The van der Waals surface area contributed by atoms with E-state index in [9.17, 15) is 14.9 Å². The molecule has 1 saturated heterocycles. The number of thiophene rings is 1. The van der Waals surface area contributed by atoms with Crippen LogP contribution < -0.4 is 4.78 Å². The molecular formula is C20H34BNO5S. The number of piperidine rings is 1. The average molecular weight is 411 g/mol. The van der Waals surface area contributed by atoms with Gasteiger partial charge in [-0.2, -0.15) is 11.3 Å². The van der Waals surface area contributed by atoms with E-state index in [2.05, 4.69) is 0 Å². The first kappa shape index (κ1) is 23.2. The minimum Gasteiger partial charge on any atom is -0.444 e. The lowest BCUT2D eigenvalue weighted by Gasteiger charge is -2.38. The first-order valence-electron chi connectivity index (χ1n) is 9.84. The number of amides is 1. The van der Waals surface area contributed by atoms with Crippen molar-refractivity contribution in [3.8, 4) is 0 Å². The first-order valence-corrected chi connectivity index (χ1v) is 10.7. The molecule has 28 heavy (non-hydrogen) atoms. The second-order valence-electron chi connectivity index (χ2n) is 9.56. The van der Waals surface area contributed by atoms with Crippen LogP contribution in [0.2, 0.25) is 0 Å². The standard InChI is InChI=1S/C20H34BNO5S/c1-18(2,3)26-17(23)22-10-8-14(9-11-22)15-12-16(28-13-15)21(25)27-20(6,7)19(4,5)24/h12-14,24-25H,8-11H2,1-7H3. The largest absolute Gasteiger partial charge is 0.502 e. The Morgan fingerprint density at radius 3 is 2.25 bits per heavy atom. The van der Waals surface area contributed by atoms with Crippen molar-refractivity contribution < 1.29 is 24.3 Å². The minimum absolute atomic E-state index is 0.255. The summed E-state index contributed by atoms with van der Waals surface area (Å²) in [6, 6.07) is 1.98. The van der Waals surface area contributed by atoms with Crippen LogP contribution in [0.15, 0.2) is 11.4 Å². The molecule has 0 saturated carbocycles. The fourth-order valence-electron chi connectivity index (χ4n) is 2.92.